The molecule has 2 aromatic rings. The van der Waals surface area contributed by atoms with Gasteiger partial charge in [0, 0.05) is 17.5 Å². The Kier molecular flexibility index (Phi) is 6.24. The summed E-state index contributed by atoms with van der Waals surface area (Å²) in [5.41, 5.74) is 0.912. The quantitative estimate of drug-likeness (QED) is 0.469. The fourth-order valence-corrected chi connectivity index (χ4v) is 2.86. The van der Waals surface area contributed by atoms with E-state index in [9.17, 15) is 5.26 Å². The number of hydrogen-bond acceptors (Lipinski definition) is 3. The zero-order valence-corrected chi connectivity index (χ0v) is 15.0. The number of nitrogens with zero attached hydrogens (tertiary/aromatic N) is 3. The van der Waals surface area contributed by atoms with Crippen molar-refractivity contribution in [1.29, 1.82) is 5.26 Å². The van der Waals surface area contributed by atoms with Crippen molar-refractivity contribution < 1.29 is 0 Å². The first-order chi connectivity index (χ1) is 11.5. The Bertz CT molecular complexity index is 762. The van der Waals surface area contributed by atoms with Crippen LogP contribution in [-0.2, 0) is 0 Å². The molecule has 3 nitrogen and oxygen atoms in total. The van der Waals surface area contributed by atoms with Crippen molar-refractivity contribution in [3.8, 4) is 18.0 Å². The van der Waals surface area contributed by atoms with E-state index < -0.39 is 0 Å². The molecule has 24 heavy (non-hydrogen) atoms. The van der Waals surface area contributed by atoms with E-state index >= 15 is 0 Å². The van der Waals surface area contributed by atoms with Crippen molar-refractivity contribution in [3.63, 3.8) is 0 Å². The zero-order valence-electron chi connectivity index (χ0n) is 15.0. The van der Waals surface area contributed by atoms with E-state index in [0.717, 1.165) is 23.0 Å². The lowest BCUT2D eigenvalue weighted by Gasteiger charge is -2.28. The summed E-state index contributed by atoms with van der Waals surface area (Å²) in [6, 6.07) is 15.0. The Morgan fingerprint density at radius 3 is 2.17 bits per heavy atom. The van der Waals surface area contributed by atoms with E-state index in [4.69, 9.17) is 0 Å². The van der Waals surface area contributed by atoms with Gasteiger partial charge in [-0.25, -0.2) is 0 Å². The molecule has 0 fully saturated rings. The fraction of sp³-hybridized carbons (Fsp3) is 0.381. The van der Waals surface area contributed by atoms with Gasteiger partial charge < -0.3 is 0 Å². The molecule has 0 unspecified atom stereocenters. The zero-order chi connectivity index (χ0) is 17.5. The molecule has 0 aliphatic heterocycles. The summed E-state index contributed by atoms with van der Waals surface area (Å²) < 4.78 is 0. The van der Waals surface area contributed by atoms with Crippen molar-refractivity contribution in [2.45, 2.75) is 39.8 Å². The topological polar surface area (TPSA) is 30.3 Å². The molecule has 0 saturated carbocycles. The van der Waals surface area contributed by atoms with Crippen LogP contribution in [0, 0.1) is 23.3 Å². The van der Waals surface area contributed by atoms with Crippen LogP contribution in [0.2, 0.25) is 0 Å². The van der Waals surface area contributed by atoms with Gasteiger partial charge in [0.25, 0.3) is 0 Å². The molecular weight excluding hydrogens is 294 g/mol. The molecule has 3 heteroatoms. The smallest absolute Gasteiger partial charge is 0.185 e. The molecule has 2 rings (SSSR count). The summed E-state index contributed by atoms with van der Waals surface area (Å²) in [5.74, 6) is 6.37. The Hall–Kier alpha value is -2.49. The molecule has 0 atom stereocenters. The molecule has 0 saturated heterocycles. The summed E-state index contributed by atoms with van der Waals surface area (Å²) in [6.45, 7) is 9.86. The maximum absolute atomic E-state index is 9.52. The second-order valence-corrected chi connectivity index (χ2v) is 6.40. The summed E-state index contributed by atoms with van der Waals surface area (Å²) in [7, 11) is 0. The molecule has 0 N–H and O–H groups in total. The van der Waals surface area contributed by atoms with Gasteiger partial charge in [-0.15, -0.1) is 0 Å². The van der Waals surface area contributed by atoms with Crippen molar-refractivity contribution >= 4 is 16.5 Å². The number of nitriles is 1. The third-order valence-electron chi connectivity index (χ3n) is 4.13. The van der Waals surface area contributed by atoms with Crippen LogP contribution in [0.1, 0.15) is 27.7 Å². The molecule has 0 spiro atoms. The van der Waals surface area contributed by atoms with Gasteiger partial charge in [-0.3, -0.25) is 9.80 Å². The molecule has 0 amide bonds. The summed E-state index contributed by atoms with van der Waals surface area (Å²) in [4.78, 5) is 3.99. The second-order valence-electron chi connectivity index (χ2n) is 6.40. The van der Waals surface area contributed by atoms with Crippen LogP contribution < -0.4 is 4.90 Å². The Morgan fingerprint density at radius 1 is 0.875 bits per heavy atom. The van der Waals surface area contributed by atoms with Crippen LogP contribution in [0.15, 0.2) is 42.5 Å². The first-order valence-corrected chi connectivity index (χ1v) is 8.41. The molecular formula is C21H25N3. The van der Waals surface area contributed by atoms with Crippen LogP contribution in [0.3, 0.4) is 0 Å². The molecule has 124 valence electrons. The largest absolute Gasteiger partial charge is 0.287 e. The average Bonchev–Trinajstić information content (AvgIpc) is 2.57. The molecule has 0 aliphatic carbocycles. The van der Waals surface area contributed by atoms with Crippen LogP contribution in [0.4, 0.5) is 5.69 Å². The van der Waals surface area contributed by atoms with Gasteiger partial charge in [0.15, 0.2) is 6.19 Å². The number of rotatable bonds is 5. The Labute approximate surface area is 145 Å². The molecule has 0 aliphatic rings. The Balaban J connectivity index is 2.14. The monoisotopic (exact) mass is 319 g/mol. The molecule has 0 bridgehead atoms. The summed E-state index contributed by atoms with van der Waals surface area (Å²) >= 11 is 0. The van der Waals surface area contributed by atoms with E-state index in [2.05, 4.69) is 62.8 Å². The minimum absolute atomic E-state index is 0.411. The van der Waals surface area contributed by atoms with Crippen LogP contribution in [0.25, 0.3) is 10.8 Å². The molecule has 0 radical (unpaired) electrons. The van der Waals surface area contributed by atoms with Gasteiger partial charge in [0.1, 0.15) is 0 Å². The average molecular weight is 319 g/mol. The number of hydrogen-bond donors (Lipinski definition) is 0. The summed E-state index contributed by atoms with van der Waals surface area (Å²) in [5, 5.41) is 11.7. The molecule has 0 aromatic heterocycles. The van der Waals surface area contributed by atoms with Gasteiger partial charge in [0.2, 0.25) is 0 Å². The van der Waals surface area contributed by atoms with Crippen molar-refractivity contribution in [2.24, 2.45) is 0 Å². The van der Waals surface area contributed by atoms with Gasteiger partial charge >= 0.3 is 0 Å². The van der Waals surface area contributed by atoms with Gasteiger partial charge in [-0.2, -0.15) is 5.26 Å². The predicted molar refractivity (Wildman–Crippen MR) is 102 cm³/mol. The molecule has 0 heterocycles. The van der Waals surface area contributed by atoms with Crippen molar-refractivity contribution in [2.75, 3.05) is 18.0 Å². The fourth-order valence-electron chi connectivity index (χ4n) is 2.86. The first kappa shape index (κ1) is 17.9. The van der Waals surface area contributed by atoms with E-state index in [1.807, 2.05) is 30.3 Å². The SMILES string of the molecule is CC(C)N(CC#CCN(C#N)c1cccc2ccccc12)C(C)C. The number of fused-ring (bicyclic) bond motifs is 1. The minimum atomic E-state index is 0.411. The maximum Gasteiger partial charge on any atom is 0.185 e. The van der Waals surface area contributed by atoms with Crippen molar-refractivity contribution in [3.05, 3.63) is 42.5 Å². The highest BCUT2D eigenvalue weighted by molar-refractivity contribution is 5.94. The van der Waals surface area contributed by atoms with Crippen molar-refractivity contribution in [1.82, 2.24) is 4.90 Å². The van der Waals surface area contributed by atoms with E-state index in [-0.39, 0.29) is 0 Å². The van der Waals surface area contributed by atoms with Gasteiger partial charge in [0.05, 0.1) is 18.8 Å². The number of anilines is 1. The molecule has 2 aromatic carbocycles. The highest BCUT2D eigenvalue weighted by Gasteiger charge is 2.11. The highest BCUT2D eigenvalue weighted by Crippen LogP contribution is 2.25. The highest BCUT2D eigenvalue weighted by atomic mass is 15.2. The van der Waals surface area contributed by atoms with Gasteiger partial charge in [-0.05, 0) is 39.1 Å². The van der Waals surface area contributed by atoms with Crippen LogP contribution in [0.5, 0.6) is 0 Å². The first-order valence-electron chi connectivity index (χ1n) is 8.41. The lowest BCUT2D eigenvalue weighted by molar-refractivity contribution is 0.200. The third kappa shape index (κ3) is 4.28. The lowest BCUT2D eigenvalue weighted by Crippen LogP contribution is -2.37. The van der Waals surface area contributed by atoms with E-state index in [1.54, 1.807) is 4.90 Å². The minimum Gasteiger partial charge on any atom is -0.287 e. The van der Waals surface area contributed by atoms with Crippen LogP contribution >= 0.6 is 0 Å². The van der Waals surface area contributed by atoms with Gasteiger partial charge in [-0.1, -0.05) is 48.2 Å². The maximum atomic E-state index is 9.52. The van der Waals surface area contributed by atoms with E-state index in [1.165, 1.54) is 0 Å². The summed E-state index contributed by atoms with van der Waals surface area (Å²) in [6.07, 6.45) is 2.26. The lowest BCUT2D eigenvalue weighted by atomic mass is 10.1. The predicted octanol–water partition coefficient (Wildman–Crippen LogP) is 4.25. The standard InChI is InChI=1S/C21H25N3/c1-17(2)24(18(3)4)15-8-7-14-23(16-22)21-13-9-11-19-10-5-6-12-20(19)21/h5-6,9-13,17-18H,14-15H2,1-4H3. The third-order valence-corrected chi connectivity index (χ3v) is 4.13. The second kappa shape index (κ2) is 8.39. The number of benzene rings is 2. The van der Waals surface area contributed by atoms with Crippen LogP contribution in [-0.4, -0.2) is 30.1 Å². The normalized spacial score (nSPS) is 10.8. The van der Waals surface area contributed by atoms with E-state index in [0.29, 0.717) is 18.6 Å². The Morgan fingerprint density at radius 2 is 1.50 bits per heavy atom.